The van der Waals surface area contributed by atoms with Crippen molar-refractivity contribution in [3.05, 3.63) is 29.8 Å². The normalized spacial score (nSPS) is 11.2. The predicted octanol–water partition coefficient (Wildman–Crippen LogP) is 2.38. The molecule has 112 valence electrons. The lowest BCUT2D eigenvalue weighted by Crippen LogP contribution is -2.29. The molecule has 1 aromatic rings. The Hall–Kier alpha value is -2.55. The quantitative estimate of drug-likeness (QED) is 0.670. The summed E-state index contributed by atoms with van der Waals surface area (Å²) in [6.07, 6.45) is 1.48. The van der Waals surface area contributed by atoms with E-state index in [-0.39, 0.29) is 6.03 Å². The Labute approximate surface area is 123 Å². The zero-order valence-electron chi connectivity index (χ0n) is 11.9. The van der Waals surface area contributed by atoms with Gasteiger partial charge in [-0.3, -0.25) is 4.79 Å². The summed E-state index contributed by atoms with van der Waals surface area (Å²) in [6, 6.07) is 8.77. The second-order valence-electron chi connectivity index (χ2n) is 4.79. The zero-order valence-corrected chi connectivity index (χ0v) is 11.9. The molecule has 1 rings (SSSR count). The van der Waals surface area contributed by atoms with Crippen LogP contribution in [0.3, 0.4) is 0 Å². The van der Waals surface area contributed by atoms with Crippen LogP contribution in [0.15, 0.2) is 24.3 Å². The average molecular weight is 289 g/mol. The first kappa shape index (κ1) is 16.5. The molecule has 0 aliphatic rings. The number of aliphatic carboxylic acids is 1. The molecule has 0 heterocycles. The maximum Gasteiger partial charge on any atom is 0.319 e. The van der Waals surface area contributed by atoms with Gasteiger partial charge >= 0.3 is 12.0 Å². The summed E-state index contributed by atoms with van der Waals surface area (Å²) in [4.78, 5) is 22.2. The summed E-state index contributed by atoms with van der Waals surface area (Å²) in [5.41, 5.74) is 1.54. The Morgan fingerprint density at radius 3 is 2.57 bits per heavy atom. The first-order chi connectivity index (χ1) is 10.0. The van der Waals surface area contributed by atoms with E-state index in [1.165, 1.54) is 0 Å². The maximum atomic E-state index is 11.6. The fourth-order valence-electron chi connectivity index (χ4n) is 1.71. The van der Waals surface area contributed by atoms with Crippen LogP contribution in [-0.4, -0.2) is 23.7 Å². The van der Waals surface area contributed by atoms with Gasteiger partial charge < -0.3 is 15.7 Å². The summed E-state index contributed by atoms with van der Waals surface area (Å²) in [5.74, 6) is -1.22. The number of carboxylic acids is 1. The third-order valence-electron chi connectivity index (χ3n) is 3.02. The number of benzene rings is 1. The monoisotopic (exact) mass is 289 g/mol. The molecule has 0 saturated carbocycles. The van der Waals surface area contributed by atoms with E-state index in [1.54, 1.807) is 31.2 Å². The molecule has 1 atom stereocenters. The molecule has 0 fully saturated rings. The molecule has 6 heteroatoms. The van der Waals surface area contributed by atoms with Crippen molar-refractivity contribution in [2.24, 2.45) is 5.92 Å². The Morgan fingerprint density at radius 2 is 2.00 bits per heavy atom. The van der Waals surface area contributed by atoms with Crippen LogP contribution in [0, 0.1) is 17.2 Å². The lowest BCUT2D eigenvalue weighted by Gasteiger charge is -2.09. The van der Waals surface area contributed by atoms with E-state index in [0.29, 0.717) is 31.5 Å². The predicted molar refractivity (Wildman–Crippen MR) is 78.8 cm³/mol. The summed E-state index contributed by atoms with van der Waals surface area (Å²) in [6.45, 7) is 2.07. The van der Waals surface area contributed by atoms with E-state index >= 15 is 0 Å². The lowest BCUT2D eigenvalue weighted by atomic mass is 10.1. The Morgan fingerprint density at radius 1 is 1.33 bits per heavy atom. The first-order valence-corrected chi connectivity index (χ1v) is 6.76. The highest BCUT2D eigenvalue weighted by Crippen LogP contribution is 2.09. The van der Waals surface area contributed by atoms with Gasteiger partial charge in [0.05, 0.1) is 18.4 Å². The van der Waals surface area contributed by atoms with Gasteiger partial charge in [0.2, 0.25) is 0 Å². The van der Waals surface area contributed by atoms with Gasteiger partial charge in [0, 0.05) is 12.2 Å². The van der Waals surface area contributed by atoms with Crippen LogP contribution in [0.1, 0.15) is 25.3 Å². The highest BCUT2D eigenvalue weighted by molar-refractivity contribution is 5.89. The summed E-state index contributed by atoms with van der Waals surface area (Å²) < 4.78 is 0. The van der Waals surface area contributed by atoms with Crippen molar-refractivity contribution < 1.29 is 14.7 Å². The Balaban J connectivity index is 2.27. The van der Waals surface area contributed by atoms with Gasteiger partial charge in [0.15, 0.2) is 0 Å². The third-order valence-corrected chi connectivity index (χ3v) is 3.02. The minimum Gasteiger partial charge on any atom is -0.481 e. The van der Waals surface area contributed by atoms with Crippen LogP contribution in [0.2, 0.25) is 0 Å². The van der Waals surface area contributed by atoms with Crippen LogP contribution < -0.4 is 10.6 Å². The van der Waals surface area contributed by atoms with Crippen molar-refractivity contribution in [1.82, 2.24) is 5.32 Å². The number of carboxylic acid groups (broad SMARTS) is 1. The number of rotatable bonds is 7. The number of urea groups is 1. The highest BCUT2D eigenvalue weighted by Gasteiger charge is 2.10. The van der Waals surface area contributed by atoms with Crippen molar-refractivity contribution in [2.45, 2.75) is 26.2 Å². The standard InChI is InChI=1S/C15H19N3O3/c1-11(14(19)20)3-2-10-17-15(21)18-13-6-4-12(5-7-13)8-9-16/h4-7,11H,2-3,8,10H2,1H3,(H,19,20)(H2,17,18,21). The number of anilines is 1. The first-order valence-electron chi connectivity index (χ1n) is 6.76. The molecular weight excluding hydrogens is 270 g/mol. The average Bonchev–Trinajstić information content (AvgIpc) is 2.45. The molecule has 1 unspecified atom stereocenters. The van der Waals surface area contributed by atoms with Crippen LogP contribution in [0.4, 0.5) is 10.5 Å². The van der Waals surface area contributed by atoms with Gasteiger partial charge in [0.25, 0.3) is 0 Å². The van der Waals surface area contributed by atoms with E-state index in [0.717, 1.165) is 5.56 Å². The van der Waals surface area contributed by atoms with E-state index in [9.17, 15) is 9.59 Å². The topological polar surface area (TPSA) is 102 Å². The molecule has 0 aliphatic carbocycles. The second-order valence-corrected chi connectivity index (χ2v) is 4.79. The molecule has 1 aromatic carbocycles. The van der Waals surface area contributed by atoms with Crippen LogP contribution in [-0.2, 0) is 11.2 Å². The SMILES string of the molecule is CC(CCCNC(=O)Nc1ccc(CC#N)cc1)C(=O)O. The van der Waals surface area contributed by atoms with Gasteiger partial charge in [-0.05, 0) is 30.5 Å². The minimum atomic E-state index is -0.822. The molecule has 0 spiro atoms. The maximum absolute atomic E-state index is 11.6. The largest absolute Gasteiger partial charge is 0.481 e. The molecule has 0 saturated heterocycles. The molecule has 21 heavy (non-hydrogen) atoms. The van der Waals surface area contributed by atoms with Crippen molar-refractivity contribution in [3.8, 4) is 6.07 Å². The fraction of sp³-hybridized carbons (Fsp3) is 0.400. The Kier molecular flexibility index (Phi) is 6.75. The summed E-state index contributed by atoms with van der Waals surface area (Å²) in [7, 11) is 0. The minimum absolute atomic E-state index is 0.328. The highest BCUT2D eigenvalue weighted by atomic mass is 16.4. The van der Waals surface area contributed by atoms with Crippen LogP contribution >= 0.6 is 0 Å². The number of carbonyl (C=O) groups excluding carboxylic acids is 1. The number of amides is 2. The van der Waals surface area contributed by atoms with Crippen molar-refractivity contribution in [2.75, 3.05) is 11.9 Å². The number of nitrogens with one attached hydrogen (secondary N) is 2. The summed E-state index contributed by atoms with van der Waals surface area (Å²) >= 11 is 0. The van der Waals surface area contributed by atoms with E-state index < -0.39 is 11.9 Å². The number of hydrogen-bond donors (Lipinski definition) is 3. The molecule has 0 aliphatic heterocycles. The van der Waals surface area contributed by atoms with Gasteiger partial charge in [0.1, 0.15) is 0 Å². The molecule has 0 aromatic heterocycles. The molecule has 6 nitrogen and oxygen atoms in total. The number of hydrogen-bond acceptors (Lipinski definition) is 3. The molecule has 3 N–H and O–H groups in total. The van der Waals surface area contributed by atoms with Gasteiger partial charge in [-0.15, -0.1) is 0 Å². The number of nitriles is 1. The van der Waals surface area contributed by atoms with Gasteiger partial charge in [-0.25, -0.2) is 4.79 Å². The van der Waals surface area contributed by atoms with E-state index in [2.05, 4.69) is 16.7 Å². The van der Waals surface area contributed by atoms with E-state index in [4.69, 9.17) is 10.4 Å². The lowest BCUT2D eigenvalue weighted by molar-refractivity contribution is -0.141. The second kappa shape index (κ2) is 8.59. The third kappa shape index (κ3) is 6.43. The fourth-order valence-corrected chi connectivity index (χ4v) is 1.71. The molecule has 0 bridgehead atoms. The van der Waals surface area contributed by atoms with Crippen LogP contribution in [0.5, 0.6) is 0 Å². The molecule has 2 amide bonds. The van der Waals surface area contributed by atoms with Gasteiger partial charge in [-0.1, -0.05) is 19.1 Å². The van der Waals surface area contributed by atoms with Crippen LogP contribution in [0.25, 0.3) is 0 Å². The number of nitrogens with zero attached hydrogens (tertiary/aromatic N) is 1. The Bertz CT molecular complexity index is 520. The zero-order chi connectivity index (χ0) is 15.7. The van der Waals surface area contributed by atoms with Gasteiger partial charge in [-0.2, -0.15) is 5.26 Å². The number of carbonyl (C=O) groups is 2. The van der Waals surface area contributed by atoms with E-state index in [1.807, 2.05) is 0 Å². The van der Waals surface area contributed by atoms with Crippen molar-refractivity contribution >= 4 is 17.7 Å². The summed E-state index contributed by atoms with van der Waals surface area (Å²) in [5, 5.41) is 22.6. The molecule has 0 radical (unpaired) electrons. The van der Waals surface area contributed by atoms with Crippen molar-refractivity contribution in [3.63, 3.8) is 0 Å². The smallest absolute Gasteiger partial charge is 0.319 e. The van der Waals surface area contributed by atoms with Crippen molar-refractivity contribution in [1.29, 1.82) is 5.26 Å². The molecular formula is C15H19N3O3.